The summed E-state index contributed by atoms with van der Waals surface area (Å²) in [6.07, 6.45) is 0. The first-order valence-electron chi connectivity index (χ1n) is 8.08. The van der Waals surface area contributed by atoms with Crippen LogP contribution in [0.4, 0.5) is 4.39 Å². The molecule has 5 heteroatoms. The molecule has 0 radical (unpaired) electrons. The number of carbonyl (C=O) groups excluding carboxylic acids is 1. The number of nitrogens with one attached hydrogen (secondary N) is 1. The monoisotopic (exact) mass is 328 g/mol. The van der Waals surface area contributed by atoms with Gasteiger partial charge in [0.05, 0.1) is 19.8 Å². The SMILES string of the molecule is O=C1CNC(COCc2ccccc2)CN1Cc1ccc(F)cc1. The number of amides is 1. The maximum absolute atomic E-state index is 13.0. The predicted molar refractivity (Wildman–Crippen MR) is 89.7 cm³/mol. The summed E-state index contributed by atoms with van der Waals surface area (Å²) in [7, 11) is 0. The highest BCUT2D eigenvalue weighted by Crippen LogP contribution is 2.10. The van der Waals surface area contributed by atoms with Crippen LogP contribution in [0.25, 0.3) is 0 Å². The van der Waals surface area contributed by atoms with Crippen LogP contribution in [0.15, 0.2) is 54.6 Å². The van der Waals surface area contributed by atoms with Crippen LogP contribution in [0.2, 0.25) is 0 Å². The normalized spacial score (nSPS) is 18.0. The van der Waals surface area contributed by atoms with Gasteiger partial charge in [0, 0.05) is 19.1 Å². The van der Waals surface area contributed by atoms with E-state index in [-0.39, 0.29) is 17.8 Å². The largest absolute Gasteiger partial charge is 0.375 e. The van der Waals surface area contributed by atoms with Crippen molar-refractivity contribution >= 4 is 5.91 Å². The third-order valence-electron chi connectivity index (χ3n) is 4.05. The van der Waals surface area contributed by atoms with Gasteiger partial charge in [-0.2, -0.15) is 0 Å². The highest BCUT2D eigenvalue weighted by atomic mass is 19.1. The van der Waals surface area contributed by atoms with Crippen molar-refractivity contribution in [3.8, 4) is 0 Å². The van der Waals surface area contributed by atoms with Gasteiger partial charge in [-0.1, -0.05) is 42.5 Å². The van der Waals surface area contributed by atoms with E-state index in [1.165, 1.54) is 12.1 Å². The van der Waals surface area contributed by atoms with E-state index in [9.17, 15) is 9.18 Å². The summed E-state index contributed by atoms with van der Waals surface area (Å²) in [5, 5.41) is 3.20. The molecule has 0 saturated carbocycles. The number of ether oxygens (including phenoxy) is 1. The average Bonchev–Trinajstić information content (AvgIpc) is 2.61. The number of nitrogens with zero attached hydrogens (tertiary/aromatic N) is 1. The van der Waals surface area contributed by atoms with Crippen LogP contribution in [0.3, 0.4) is 0 Å². The van der Waals surface area contributed by atoms with E-state index in [1.54, 1.807) is 17.0 Å². The van der Waals surface area contributed by atoms with E-state index in [4.69, 9.17) is 4.74 Å². The quantitative estimate of drug-likeness (QED) is 0.885. The van der Waals surface area contributed by atoms with Crippen LogP contribution in [0.1, 0.15) is 11.1 Å². The lowest BCUT2D eigenvalue weighted by Crippen LogP contribution is -2.55. The van der Waals surface area contributed by atoms with Gasteiger partial charge in [-0.25, -0.2) is 4.39 Å². The summed E-state index contributed by atoms with van der Waals surface area (Å²) in [4.78, 5) is 13.8. The zero-order valence-electron chi connectivity index (χ0n) is 13.5. The molecule has 1 atom stereocenters. The van der Waals surface area contributed by atoms with Gasteiger partial charge in [-0.05, 0) is 23.3 Å². The lowest BCUT2D eigenvalue weighted by molar-refractivity contribution is -0.134. The molecule has 4 nitrogen and oxygen atoms in total. The molecule has 0 bridgehead atoms. The van der Waals surface area contributed by atoms with Crippen LogP contribution in [-0.4, -0.2) is 36.5 Å². The Labute approximate surface area is 141 Å². The highest BCUT2D eigenvalue weighted by Gasteiger charge is 2.25. The molecule has 24 heavy (non-hydrogen) atoms. The highest BCUT2D eigenvalue weighted by molar-refractivity contribution is 5.79. The molecule has 126 valence electrons. The van der Waals surface area contributed by atoms with E-state index in [1.807, 2.05) is 30.3 Å². The summed E-state index contributed by atoms with van der Waals surface area (Å²) >= 11 is 0. The summed E-state index contributed by atoms with van der Waals surface area (Å²) in [6.45, 7) is 2.49. The lowest BCUT2D eigenvalue weighted by atomic mass is 10.1. The summed E-state index contributed by atoms with van der Waals surface area (Å²) in [6, 6.07) is 16.4. The molecule has 1 amide bonds. The second-order valence-electron chi connectivity index (χ2n) is 5.98. The first-order valence-corrected chi connectivity index (χ1v) is 8.08. The van der Waals surface area contributed by atoms with E-state index < -0.39 is 0 Å². The first kappa shape index (κ1) is 16.6. The molecule has 1 N–H and O–H groups in total. The number of hydrogen-bond acceptors (Lipinski definition) is 3. The second-order valence-corrected chi connectivity index (χ2v) is 5.98. The average molecular weight is 328 g/mol. The Morgan fingerprint density at radius 3 is 2.58 bits per heavy atom. The van der Waals surface area contributed by atoms with Gasteiger partial charge in [0.1, 0.15) is 5.82 Å². The Morgan fingerprint density at radius 1 is 1.08 bits per heavy atom. The van der Waals surface area contributed by atoms with Crippen LogP contribution in [0, 0.1) is 5.82 Å². The van der Waals surface area contributed by atoms with E-state index >= 15 is 0 Å². The van der Waals surface area contributed by atoms with Gasteiger partial charge in [-0.3, -0.25) is 4.79 Å². The van der Waals surface area contributed by atoms with Crippen molar-refractivity contribution < 1.29 is 13.9 Å². The van der Waals surface area contributed by atoms with Gasteiger partial charge >= 0.3 is 0 Å². The third-order valence-corrected chi connectivity index (χ3v) is 4.05. The molecule has 1 heterocycles. The van der Waals surface area contributed by atoms with Crippen molar-refractivity contribution in [2.45, 2.75) is 19.2 Å². The number of benzene rings is 2. The van der Waals surface area contributed by atoms with Crippen molar-refractivity contribution in [1.82, 2.24) is 10.2 Å². The fourth-order valence-electron chi connectivity index (χ4n) is 2.74. The van der Waals surface area contributed by atoms with Gasteiger partial charge in [0.15, 0.2) is 0 Å². The third kappa shape index (κ3) is 4.63. The number of rotatable bonds is 6. The lowest BCUT2D eigenvalue weighted by Gasteiger charge is -2.33. The van der Waals surface area contributed by atoms with E-state index in [2.05, 4.69) is 5.32 Å². The van der Waals surface area contributed by atoms with Crippen molar-refractivity contribution in [2.75, 3.05) is 19.7 Å². The molecule has 1 fully saturated rings. The smallest absolute Gasteiger partial charge is 0.236 e. The van der Waals surface area contributed by atoms with Crippen molar-refractivity contribution in [2.24, 2.45) is 0 Å². The van der Waals surface area contributed by atoms with E-state index in [0.29, 0.717) is 32.8 Å². The molecule has 0 aromatic heterocycles. The molecular weight excluding hydrogens is 307 g/mol. The number of halogens is 1. The summed E-state index contributed by atoms with van der Waals surface area (Å²) in [5.41, 5.74) is 2.06. The minimum atomic E-state index is -0.266. The van der Waals surface area contributed by atoms with Crippen molar-refractivity contribution in [3.63, 3.8) is 0 Å². The molecule has 1 unspecified atom stereocenters. The van der Waals surface area contributed by atoms with Gasteiger partial charge in [0.25, 0.3) is 0 Å². The van der Waals surface area contributed by atoms with Crippen LogP contribution >= 0.6 is 0 Å². The molecule has 1 saturated heterocycles. The fourth-order valence-corrected chi connectivity index (χ4v) is 2.74. The minimum Gasteiger partial charge on any atom is -0.375 e. The molecule has 0 spiro atoms. The van der Waals surface area contributed by atoms with Crippen LogP contribution < -0.4 is 5.32 Å². The number of carbonyl (C=O) groups is 1. The Bertz CT molecular complexity index is 661. The molecule has 2 aromatic rings. The van der Waals surface area contributed by atoms with Gasteiger partial charge in [-0.15, -0.1) is 0 Å². The Kier molecular flexibility index (Phi) is 5.56. The molecule has 1 aliphatic heterocycles. The molecule has 1 aliphatic rings. The van der Waals surface area contributed by atoms with Gasteiger partial charge < -0.3 is 15.0 Å². The summed E-state index contributed by atoms with van der Waals surface area (Å²) in [5.74, 6) is -0.212. The zero-order chi connectivity index (χ0) is 16.8. The Morgan fingerprint density at radius 2 is 1.83 bits per heavy atom. The fraction of sp³-hybridized carbons (Fsp3) is 0.316. The topological polar surface area (TPSA) is 41.6 Å². The second kappa shape index (κ2) is 8.04. The number of piperazine rings is 1. The molecule has 3 rings (SSSR count). The van der Waals surface area contributed by atoms with Crippen LogP contribution in [-0.2, 0) is 22.7 Å². The Balaban J connectivity index is 1.49. The van der Waals surface area contributed by atoms with Gasteiger partial charge in [0.2, 0.25) is 5.91 Å². The molecular formula is C19H21FN2O2. The molecule has 0 aliphatic carbocycles. The standard InChI is InChI=1S/C19H21FN2O2/c20-17-8-6-15(7-9-17)11-22-12-18(21-10-19(22)23)14-24-13-16-4-2-1-3-5-16/h1-9,18,21H,10-14H2. The maximum Gasteiger partial charge on any atom is 0.236 e. The Hall–Kier alpha value is -2.24. The molecule has 2 aromatic carbocycles. The van der Waals surface area contributed by atoms with E-state index in [0.717, 1.165) is 11.1 Å². The van der Waals surface area contributed by atoms with Crippen molar-refractivity contribution in [1.29, 1.82) is 0 Å². The zero-order valence-corrected chi connectivity index (χ0v) is 13.5. The number of hydrogen-bond donors (Lipinski definition) is 1. The predicted octanol–water partition coefficient (Wildman–Crippen LogP) is 2.34. The van der Waals surface area contributed by atoms with Crippen LogP contribution in [0.5, 0.6) is 0 Å². The minimum absolute atomic E-state index is 0.0543. The maximum atomic E-state index is 13.0. The first-order chi connectivity index (χ1) is 11.7. The summed E-state index contributed by atoms with van der Waals surface area (Å²) < 4.78 is 18.7. The van der Waals surface area contributed by atoms with Crippen molar-refractivity contribution in [3.05, 3.63) is 71.5 Å².